The molecule has 29 heavy (non-hydrogen) atoms. The van der Waals surface area contributed by atoms with Crippen LogP contribution in [-0.4, -0.2) is 31.8 Å². The number of anilines is 1. The topological polar surface area (TPSA) is 103 Å². The van der Waals surface area contributed by atoms with Crippen LogP contribution in [0, 0.1) is 0 Å². The molecular formula is C21H21N5O2S. The average molecular weight is 407 g/mol. The lowest BCUT2D eigenvalue weighted by atomic mass is 10.2. The van der Waals surface area contributed by atoms with Crippen LogP contribution in [0.2, 0.25) is 0 Å². The Morgan fingerprint density at radius 1 is 1.17 bits per heavy atom. The number of carbonyl (C=O) groups is 2. The predicted octanol–water partition coefficient (Wildman–Crippen LogP) is 3.35. The molecule has 0 bridgehead atoms. The predicted molar refractivity (Wildman–Crippen MR) is 115 cm³/mol. The molecular weight excluding hydrogens is 386 g/mol. The first-order chi connectivity index (χ1) is 14.0. The van der Waals surface area contributed by atoms with Gasteiger partial charge >= 0.3 is 0 Å². The Morgan fingerprint density at radius 2 is 1.86 bits per heavy atom. The first kappa shape index (κ1) is 20.3. The Hall–Kier alpha value is -3.39. The Kier molecular flexibility index (Phi) is 6.46. The van der Waals surface area contributed by atoms with Crippen molar-refractivity contribution in [3.8, 4) is 11.4 Å². The Labute approximate surface area is 173 Å². The maximum Gasteiger partial charge on any atom is 0.248 e. The molecule has 1 aromatic heterocycles. The van der Waals surface area contributed by atoms with E-state index in [1.165, 1.54) is 11.8 Å². The van der Waals surface area contributed by atoms with Crippen LogP contribution < -0.4 is 11.1 Å². The molecule has 2 amide bonds. The van der Waals surface area contributed by atoms with Gasteiger partial charge in [0.05, 0.1) is 5.25 Å². The molecule has 7 nitrogen and oxygen atoms in total. The normalized spacial score (nSPS) is 11.6. The minimum Gasteiger partial charge on any atom is -0.366 e. The molecule has 0 radical (unpaired) electrons. The van der Waals surface area contributed by atoms with Gasteiger partial charge in [-0.05, 0) is 31.2 Å². The Bertz CT molecular complexity index is 1020. The maximum atomic E-state index is 12.6. The number of carbonyl (C=O) groups excluding carboxylic acids is 2. The second-order valence-electron chi connectivity index (χ2n) is 6.26. The van der Waals surface area contributed by atoms with Crippen molar-refractivity contribution in [3.05, 3.63) is 72.8 Å². The largest absolute Gasteiger partial charge is 0.366 e. The summed E-state index contributed by atoms with van der Waals surface area (Å²) in [6, 6.07) is 16.2. The molecule has 1 heterocycles. The molecule has 1 atom stereocenters. The Balaban J connectivity index is 1.73. The smallest absolute Gasteiger partial charge is 0.248 e. The van der Waals surface area contributed by atoms with E-state index < -0.39 is 11.2 Å². The first-order valence-electron chi connectivity index (χ1n) is 8.96. The summed E-state index contributed by atoms with van der Waals surface area (Å²) < 4.78 is 1.93. The molecule has 0 fully saturated rings. The molecule has 0 aliphatic carbocycles. The lowest BCUT2D eigenvalue weighted by molar-refractivity contribution is -0.115. The Morgan fingerprint density at radius 3 is 2.48 bits per heavy atom. The van der Waals surface area contributed by atoms with Gasteiger partial charge in [0, 0.05) is 23.4 Å². The fourth-order valence-corrected chi connectivity index (χ4v) is 3.50. The maximum absolute atomic E-state index is 12.6. The van der Waals surface area contributed by atoms with Crippen LogP contribution in [0.3, 0.4) is 0 Å². The van der Waals surface area contributed by atoms with E-state index >= 15 is 0 Å². The summed E-state index contributed by atoms with van der Waals surface area (Å²) in [6.07, 6.45) is 1.77. The third-order valence-electron chi connectivity index (χ3n) is 4.15. The van der Waals surface area contributed by atoms with Crippen LogP contribution >= 0.6 is 11.8 Å². The number of nitrogens with one attached hydrogen (secondary N) is 1. The lowest BCUT2D eigenvalue weighted by Gasteiger charge is -2.13. The fourth-order valence-electron chi connectivity index (χ4n) is 2.64. The van der Waals surface area contributed by atoms with Crippen molar-refractivity contribution in [1.82, 2.24) is 14.8 Å². The standard InChI is InChI=1S/C21H21N5O2S/c1-3-13-26-19(16-7-5-4-6-8-16)24-25-21(26)29-14(2)20(28)23-17-11-9-15(10-12-17)18(22)27/h3-12,14H,1,13H2,2H3,(H2,22,27)(H,23,28)/t14-/m1/s1. The molecule has 8 heteroatoms. The van der Waals surface area contributed by atoms with Crippen LogP contribution in [0.4, 0.5) is 5.69 Å². The highest BCUT2D eigenvalue weighted by Crippen LogP contribution is 2.27. The van der Waals surface area contributed by atoms with Gasteiger partial charge in [-0.15, -0.1) is 16.8 Å². The molecule has 0 aliphatic heterocycles. The lowest BCUT2D eigenvalue weighted by Crippen LogP contribution is -2.23. The van der Waals surface area contributed by atoms with Crippen molar-refractivity contribution < 1.29 is 9.59 Å². The van der Waals surface area contributed by atoms with Crippen molar-refractivity contribution in [2.45, 2.75) is 23.9 Å². The van der Waals surface area contributed by atoms with Gasteiger partial charge in [-0.25, -0.2) is 0 Å². The van der Waals surface area contributed by atoms with E-state index in [4.69, 9.17) is 5.73 Å². The highest BCUT2D eigenvalue weighted by Gasteiger charge is 2.20. The molecule has 0 saturated heterocycles. The van der Waals surface area contributed by atoms with Gasteiger partial charge in [0.15, 0.2) is 11.0 Å². The van der Waals surface area contributed by atoms with Gasteiger partial charge in [0.2, 0.25) is 11.8 Å². The molecule has 0 unspecified atom stereocenters. The average Bonchev–Trinajstić information content (AvgIpc) is 3.11. The highest BCUT2D eigenvalue weighted by atomic mass is 32.2. The second-order valence-corrected chi connectivity index (χ2v) is 7.57. The quantitative estimate of drug-likeness (QED) is 0.440. The molecule has 0 saturated carbocycles. The number of primary amides is 1. The van der Waals surface area contributed by atoms with E-state index in [1.807, 2.05) is 34.9 Å². The zero-order valence-corrected chi connectivity index (χ0v) is 16.7. The van der Waals surface area contributed by atoms with Gasteiger partial charge in [0.25, 0.3) is 0 Å². The molecule has 3 rings (SSSR count). The summed E-state index contributed by atoms with van der Waals surface area (Å²) in [7, 11) is 0. The summed E-state index contributed by atoms with van der Waals surface area (Å²) in [6.45, 7) is 6.13. The summed E-state index contributed by atoms with van der Waals surface area (Å²) in [5, 5.41) is 11.6. The third kappa shape index (κ3) is 4.91. The van der Waals surface area contributed by atoms with Crippen molar-refractivity contribution in [2.24, 2.45) is 5.73 Å². The number of amides is 2. The fraction of sp³-hybridized carbons (Fsp3) is 0.143. The van der Waals surface area contributed by atoms with Crippen molar-refractivity contribution in [2.75, 3.05) is 5.32 Å². The van der Waals surface area contributed by atoms with E-state index in [9.17, 15) is 9.59 Å². The van der Waals surface area contributed by atoms with Crippen LogP contribution in [-0.2, 0) is 11.3 Å². The molecule has 2 aromatic carbocycles. The van der Waals surface area contributed by atoms with Gasteiger partial charge in [-0.2, -0.15) is 0 Å². The molecule has 148 valence electrons. The number of nitrogens with two attached hydrogens (primary N) is 1. The molecule has 3 N–H and O–H groups in total. The van der Waals surface area contributed by atoms with Crippen LogP contribution in [0.15, 0.2) is 72.4 Å². The minimum atomic E-state index is -0.512. The SMILES string of the molecule is C=CCn1c(S[C@H](C)C(=O)Nc2ccc(C(N)=O)cc2)nnc1-c1ccccc1. The van der Waals surface area contributed by atoms with Crippen molar-refractivity contribution in [3.63, 3.8) is 0 Å². The molecule has 0 aliphatic rings. The first-order valence-corrected chi connectivity index (χ1v) is 9.84. The van der Waals surface area contributed by atoms with Crippen molar-refractivity contribution >= 4 is 29.3 Å². The van der Waals surface area contributed by atoms with Crippen molar-refractivity contribution in [1.29, 1.82) is 0 Å². The minimum absolute atomic E-state index is 0.184. The number of aromatic nitrogens is 3. The molecule has 3 aromatic rings. The van der Waals surface area contributed by atoms with E-state index in [0.717, 1.165) is 11.4 Å². The van der Waals surface area contributed by atoms with Gasteiger partial charge in [0.1, 0.15) is 0 Å². The van der Waals surface area contributed by atoms with E-state index in [0.29, 0.717) is 23.0 Å². The zero-order valence-electron chi connectivity index (χ0n) is 15.9. The van der Waals surface area contributed by atoms with Crippen LogP contribution in [0.1, 0.15) is 17.3 Å². The number of nitrogens with zero attached hydrogens (tertiary/aromatic N) is 3. The number of benzene rings is 2. The number of rotatable bonds is 8. The van der Waals surface area contributed by atoms with Crippen LogP contribution in [0.5, 0.6) is 0 Å². The van der Waals surface area contributed by atoms with E-state index in [1.54, 1.807) is 37.3 Å². The third-order valence-corrected chi connectivity index (χ3v) is 5.23. The summed E-state index contributed by atoms with van der Waals surface area (Å²) in [5.41, 5.74) is 7.15. The summed E-state index contributed by atoms with van der Waals surface area (Å²) in [5.74, 6) is 0.0291. The van der Waals surface area contributed by atoms with E-state index in [-0.39, 0.29) is 5.91 Å². The van der Waals surface area contributed by atoms with Gasteiger partial charge in [-0.3, -0.25) is 14.2 Å². The number of thioether (sulfide) groups is 1. The molecule has 0 spiro atoms. The van der Waals surface area contributed by atoms with Gasteiger partial charge < -0.3 is 11.1 Å². The number of allylic oxidation sites excluding steroid dienone is 1. The van der Waals surface area contributed by atoms with Crippen LogP contribution in [0.25, 0.3) is 11.4 Å². The number of hydrogen-bond acceptors (Lipinski definition) is 5. The monoisotopic (exact) mass is 407 g/mol. The second kappa shape index (κ2) is 9.20. The zero-order chi connectivity index (χ0) is 20.8. The van der Waals surface area contributed by atoms with Gasteiger partial charge in [-0.1, -0.05) is 48.2 Å². The summed E-state index contributed by atoms with van der Waals surface area (Å²) >= 11 is 1.32. The van der Waals surface area contributed by atoms with E-state index in [2.05, 4.69) is 22.1 Å². The summed E-state index contributed by atoms with van der Waals surface area (Å²) in [4.78, 5) is 23.7. The highest BCUT2D eigenvalue weighted by molar-refractivity contribution is 8.00. The number of hydrogen-bond donors (Lipinski definition) is 2.